The van der Waals surface area contributed by atoms with E-state index in [2.05, 4.69) is 23.5 Å². The van der Waals surface area contributed by atoms with Gasteiger partial charge in [-0.1, -0.05) is 48.5 Å². The first kappa shape index (κ1) is 21.6. The van der Waals surface area contributed by atoms with E-state index in [-0.39, 0.29) is 10.7 Å². The van der Waals surface area contributed by atoms with Crippen LogP contribution in [0.5, 0.6) is 0 Å². The second-order valence-electron chi connectivity index (χ2n) is 7.30. The summed E-state index contributed by atoms with van der Waals surface area (Å²) in [6, 6.07) is 23.0. The molecular weight excluding hydrogens is 424 g/mol. The third-order valence-corrected chi connectivity index (χ3v) is 6.73. The number of amides is 1. The molecule has 4 aromatic rings. The number of nitrogens with zero attached hydrogens (tertiary/aromatic N) is 1. The largest absolute Gasteiger partial charge is 0.451 e. The number of hydrogen-bond acceptors (Lipinski definition) is 5. The predicted octanol–water partition coefficient (Wildman–Crippen LogP) is 5.06. The van der Waals surface area contributed by atoms with E-state index in [4.69, 9.17) is 4.42 Å². The van der Waals surface area contributed by atoms with Gasteiger partial charge in [-0.2, -0.15) is 0 Å². The van der Waals surface area contributed by atoms with Crippen LogP contribution in [0.25, 0.3) is 22.1 Å². The van der Waals surface area contributed by atoms with Crippen LogP contribution in [-0.2, 0) is 10.0 Å². The van der Waals surface area contributed by atoms with Crippen molar-refractivity contribution < 1.29 is 17.6 Å². The maximum absolute atomic E-state index is 13.1. The molecule has 7 heteroatoms. The fourth-order valence-corrected chi connectivity index (χ4v) is 4.89. The number of sulfonamides is 1. The van der Waals surface area contributed by atoms with Crippen LogP contribution in [0.15, 0.2) is 88.2 Å². The van der Waals surface area contributed by atoms with Crippen molar-refractivity contribution in [2.24, 2.45) is 0 Å². The van der Waals surface area contributed by atoms with Crippen LogP contribution in [0, 0.1) is 0 Å². The summed E-state index contributed by atoms with van der Waals surface area (Å²) in [4.78, 5) is 15.0. The van der Waals surface area contributed by atoms with Crippen molar-refractivity contribution in [1.29, 1.82) is 0 Å². The number of rotatable bonds is 7. The maximum Gasteiger partial charge on any atom is 0.300 e. The number of anilines is 1. The van der Waals surface area contributed by atoms with Gasteiger partial charge >= 0.3 is 5.91 Å². The third kappa shape index (κ3) is 4.24. The van der Waals surface area contributed by atoms with E-state index in [1.807, 2.05) is 48.5 Å². The Morgan fingerprint density at radius 3 is 2.31 bits per heavy atom. The van der Waals surface area contributed by atoms with Gasteiger partial charge in [0.1, 0.15) is 5.58 Å². The minimum Gasteiger partial charge on any atom is -0.451 e. The van der Waals surface area contributed by atoms with Gasteiger partial charge < -0.3 is 9.32 Å². The van der Waals surface area contributed by atoms with Gasteiger partial charge in [-0.15, -0.1) is 0 Å². The van der Waals surface area contributed by atoms with Crippen LogP contribution in [0.4, 0.5) is 5.69 Å². The van der Waals surface area contributed by atoms with Crippen LogP contribution in [0.3, 0.4) is 0 Å². The minimum absolute atomic E-state index is 0.0273. The Kier molecular flexibility index (Phi) is 6.01. The molecule has 32 heavy (non-hydrogen) atoms. The number of carbonyl (C=O) groups is 1. The van der Waals surface area contributed by atoms with Gasteiger partial charge in [0.2, 0.25) is 0 Å². The molecule has 1 amide bonds. The molecule has 0 unspecified atom stereocenters. The monoisotopic (exact) mass is 448 g/mol. The zero-order chi connectivity index (χ0) is 22.7. The van der Waals surface area contributed by atoms with Crippen LogP contribution in [0.1, 0.15) is 24.4 Å². The molecule has 0 saturated carbocycles. The fourth-order valence-electron chi connectivity index (χ4n) is 3.70. The third-order valence-electron chi connectivity index (χ3n) is 5.34. The van der Waals surface area contributed by atoms with Crippen molar-refractivity contribution >= 4 is 32.6 Å². The number of nitrogens with one attached hydrogen (secondary N) is 1. The van der Waals surface area contributed by atoms with Crippen LogP contribution in [0.2, 0.25) is 0 Å². The Hall–Kier alpha value is -3.58. The van der Waals surface area contributed by atoms with Crippen molar-refractivity contribution in [1.82, 2.24) is 4.72 Å². The van der Waals surface area contributed by atoms with Crippen LogP contribution >= 0.6 is 0 Å². The van der Waals surface area contributed by atoms with E-state index >= 15 is 0 Å². The zero-order valence-corrected chi connectivity index (χ0v) is 18.7. The SMILES string of the molecule is CCN(CC)c1ccc2cc(C(=O)NS(=O)(=O)c3ccccc3-c3ccccc3)oc2c1. The second-order valence-corrected chi connectivity index (χ2v) is 8.95. The van der Waals surface area contributed by atoms with Crippen LogP contribution < -0.4 is 9.62 Å². The van der Waals surface area contributed by atoms with Crippen molar-refractivity contribution in [3.8, 4) is 11.1 Å². The summed E-state index contributed by atoms with van der Waals surface area (Å²) in [7, 11) is -4.12. The summed E-state index contributed by atoms with van der Waals surface area (Å²) >= 11 is 0. The first-order valence-electron chi connectivity index (χ1n) is 10.4. The molecular formula is C25H24N2O4S. The Morgan fingerprint density at radius 1 is 0.906 bits per heavy atom. The average molecular weight is 449 g/mol. The zero-order valence-electron chi connectivity index (χ0n) is 17.9. The molecule has 1 aromatic heterocycles. The Bertz CT molecular complexity index is 1360. The van der Waals surface area contributed by atoms with Crippen molar-refractivity contribution in [2.45, 2.75) is 18.7 Å². The normalized spacial score (nSPS) is 11.4. The highest BCUT2D eigenvalue weighted by Crippen LogP contribution is 2.28. The molecule has 0 atom stereocenters. The van der Waals surface area contributed by atoms with E-state index in [9.17, 15) is 13.2 Å². The minimum atomic E-state index is -4.12. The highest BCUT2D eigenvalue weighted by Gasteiger charge is 2.24. The maximum atomic E-state index is 13.1. The summed E-state index contributed by atoms with van der Waals surface area (Å²) in [5.41, 5.74) is 2.77. The molecule has 0 aliphatic heterocycles. The first-order valence-corrected chi connectivity index (χ1v) is 11.9. The topological polar surface area (TPSA) is 79.6 Å². The van der Waals surface area contributed by atoms with Crippen molar-refractivity contribution in [3.05, 3.63) is 84.6 Å². The molecule has 0 aliphatic rings. The molecule has 164 valence electrons. The Balaban J connectivity index is 1.64. The molecule has 0 radical (unpaired) electrons. The molecule has 4 rings (SSSR count). The lowest BCUT2D eigenvalue weighted by molar-refractivity contribution is 0.0956. The number of furan rings is 1. The number of benzene rings is 3. The molecule has 3 aromatic carbocycles. The van der Waals surface area contributed by atoms with Gasteiger partial charge in [0.15, 0.2) is 5.76 Å². The molecule has 0 fully saturated rings. The van der Waals surface area contributed by atoms with Crippen molar-refractivity contribution in [3.63, 3.8) is 0 Å². The fraction of sp³-hybridized carbons (Fsp3) is 0.160. The molecule has 0 saturated heterocycles. The van der Waals surface area contributed by atoms with Gasteiger partial charge in [-0.25, -0.2) is 13.1 Å². The molecule has 0 bridgehead atoms. The highest BCUT2D eigenvalue weighted by atomic mass is 32.2. The van der Waals surface area contributed by atoms with E-state index in [0.29, 0.717) is 11.1 Å². The van der Waals surface area contributed by atoms with E-state index in [1.54, 1.807) is 24.3 Å². The van der Waals surface area contributed by atoms with Gasteiger partial charge in [-0.05, 0) is 43.7 Å². The lowest BCUT2D eigenvalue weighted by Gasteiger charge is -2.20. The standard InChI is InChI=1S/C25H24N2O4S/c1-3-27(4-2)20-15-14-19-16-23(31-22(19)17-20)25(28)26-32(29,30)24-13-9-8-12-21(24)18-10-6-5-7-11-18/h5-17H,3-4H2,1-2H3,(H,26,28). The number of hydrogen-bond donors (Lipinski definition) is 1. The Labute approximate surface area is 187 Å². The van der Waals surface area contributed by atoms with E-state index < -0.39 is 15.9 Å². The van der Waals surface area contributed by atoms with Crippen molar-refractivity contribution in [2.75, 3.05) is 18.0 Å². The highest BCUT2D eigenvalue weighted by molar-refractivity contribution is 7.90. The average Bonchev–Trinajstić information content (AvgIpc) is 3.24. The second kappa shape index (κ2) is 8.88. The summed E-state index contributed by atoms with van der Waals surface area (Å²) < 4.78 is 34.0. The first-order chi connectivity index (χ1) is 15.4. The molecule has 0 spiro atoms. The van der Waals surface area contributed by atoms with Gasteiger partial charge in [0.05, 0.1) is 4.90 Å². The number of fused-ring (bicyclic) bond motifs is 1. The molecule has 0 aliphatic carbocycles. The lowest BCUT2D eigenvalue weighted by atomic mass is 10.1. The van der Waals surface area contributed by atoms with Crippen LogP contribution in [-0.4, -0.2) is 27.4 Å². The van der Waals surface area contributed by atoms with E-state index in [0.717, 1.165) is 29.7 Å². The smallest absolute Gasteiger partial charge is 0.300 e. The van der Waals surface area contributed by atoms with E-state index in [1.165, 1.54) is 6.07 Å². The molecule has 1 heterocycles. The summed E-state index contributed by atoms with van der Waals surface area (Å²) in [5.74, 6) is -0.870. The summed E-state index contributed by atoms with van der Waals surface area (Å²) in [6.07, 6.45) is 0. The quantitative estimate of drug-likeness (QED) is 0.427. The molecule has 1 N–H and O–H groups in total. The summed E-state index contributed by atoms with van der Waals surface area (Å²) in [5, 5.41) is 0.730. The number of carbonyl (C=O) groups excluding carboxylic acids is 1. The molecule has 6 nitrogen and oxygen atoms in total. The van der Waals surface area contributed by atoms with Gasteiger partial charge in [-0.3, -0.25) is 4.79 Å². The van der Waals surface area contributed by atoms with Gasteiger partial charge in [0, 0.05) is 35.8 Å². The summed E-state index contributed by atoms with van der Waals surface area (Å²) in [6.45, 7) is 5.81. The lowest BCUT2D eigenvalue weighted by Crippen LogP contribution is -2.30. The predicted molar refractivity (Wildman–Crippen MR) is 126 cm³/mol. The van der Waals surface area contributed by atoms with Gasteiger partial charge in [0.25, 0.3) is 10.0 Å². The Morgan fingerprint density at radius 2 is 1.59 bits per heavy atom.